The molecule has 158 valence electrons. The van der Waals surface area contributed by atoms with Crippen molar-refractivity contribution >= 4 is 21.7 Å². The molecule has 0 amide bonds. The summed E-state index contributed by atoms with van der Waals surface area (Å²) in [6.45, 7) is 6.92. The lowest BCUT2D eigenvalue weighted by molar-refractivity contribution is 0.227. The van der Waals surface area contributed by atoms with E-state index in [1.165, 1.54) is 0 Å². The highest BCUT2D eigenvalue weighted by molar-refractivity contribution is 9.10. The summed E-state index contributed by atoms with van der Waals surface area (Å²) in [5, 5.41) is 9.35. The van der Waals surface area contributed by atoms with Crippen molar-refractivity contribution in [3.63, 3.8) is 0 Å². The second-order valence-electron chi connectivity index (χ2n) is 7.81. The van der Waals surface area contributed by atoms with E-state index in [1.807, 2.05) is 28.6 Å². The van der Waals surface area contributed by atoms with Crippen molar-refractivity contribution in [2.24, 2.45) is 0 Å². The van der Waals surface area contributed by atoms with E-state index < -0.39 is 0 Å². The summed E-state index contributed by atoms with van der Waals surface area (Å²) in [4.78, 5) is 4.43. The number of rotatable bonds is 1. The van der Waals surface area contributed by atoms with Crippen LogP contribution in [0.5, 0.6) is 5.75 Å². The van der Waals surface area contributed by atoms with E-state index >= 15 is 0 Å². The molecule has 1 aliphatic rings. The zero-order valence-electron chi connectivity index (χ0n) is 17.6. The molecule has 5 rings (SSSR count). The van der Waals surface area contributed by atoms with Crippen molar-refractivity contribution in [1.29, 1.82) is 0 Å². The first-order chi connectivity index (χ1) is 14.9. The van der Waals surface area contributed by atoms with E-state index in [-0.39, 0.29) is 6.10 Å². The molecule has 3 aromatic heterocycles. The van der Waals surface area contributed by atoms with Gasteiger partial charge < -0.3 is 10.5 Å². The smallest absolute Gasteiger partial charge is 0.166 e. The molecular weight excluding hydrogens is 456 g/mol. The Bertz CT molecular complexity index is 1290. The molecule has 0 saturated heterocycles. The number of halogens is 1. The molecule has 2 N–H and O–H groups in total. The predicted molar refractivity (Wildman–Crippen MR) is 123 cm³/mol. The molecule has 31 heavy (non-hydrogen) atoms. The third kappa shape index (κ3) is 3.40. The number of fused-ring (bicyclic) bond motifs is 7. The van der Waals surface area contributed by atoms with Crippen LogP contribution in [0.15, 0.2) is 47.3 Å². The van der Waals surface area contributed by atoms with Gasteiger partial charge in [-0.2, -0.15) is 10.2 Å². The van der Waals surface area contributed by atoms with Gasteiger partial charge in [-0.1, -0.05) is 17.7 Å². The van der Waals surface area contributed by atoms with Gasteiger partial charge in [0, 0.05) is 41.5 Å². The largest absolute Gasteiger partial charge is 0.482 e. The van der Waals surface area contributed by atoms with Gasteiger partial charge in [0.2, 0.25) is 0 Å². The standard InChI is InChI=1S/C23H23BrN6O/c1-4-29-22-15(12-27-29)8-17-10-21(24)28-30(17)19-6-5-13(2)7-18(19)14(3)31-20-9-16(22)11-26-23(20)25/h5-7,9-12,14H,4,8H2,1-3H3,(H2,25,26)/t14-/m1/s1. The van der Waals surface area contributed by atoms with Gasteiger partial charge in [0.05, 0.1) is 17.6 Å². The molecule has 8 heteroatoms. The predicted octanol–water partition coefficient (Wildman–Crippen LogP) is 4.85. The summed E-state index contributed by atoms with van der Waals surface area (Å²) in [6, 6.07) is 10.3. The molecule has 0 unspecified atom stereocenters. The topological polar surface area (TPSA) is 83.8 Å². The number of nitrogens with two attached hydrogens (primary N) is 1. The Kier molecular flexibility index (Phi) is 4.81. The number of ether oxygens (including phenoxy) is 1. The van der Waals surface area contributed by atoms with Crippen LogP contribution >= 0.6 is 15.9 Å². The van der Waals surface area contributed by atoms with Gasteiger partial charge in [0.1, 0.15) is 10.7 Å². The summed E-state index contributed by atoms with van der Waals surface area (Å²) in [6.07, 6.45) is 4.14. The maximum Gasteiger partial charge on any atom is 0.166 e. The Morgan fingerprint density at radius 3 is 2.87 bits per heavy atom. The van der Waals surface area contributed by atoms with E-state index in [0.717, 1.165) is 50.5 Å². The number of anilines is 1. The Balaban J connectivity index is 1.81. The van der Waals surface area contributed by atoms with Crippen molar-refractivity contribution in [3.8, 4) is 22.7 Å². The van der Waals surface area contributed by atoms with E-state index in [1.54, 1.807) is 6.20 Å². The summed E-state index contributed by atoms with van der Waals surface area (Å²) in [7, 11) is 0. The number of nitrogens with zero attached hydrogens (tertiary/aromatic N) is 5. The van der Waals surface area contributed by atoms with Crippen LogP contribution in [0.2, 0.25) is 0 Å². The molecule has 7 nitrogen and oxygen atoms in total. The highest BCUT2D eigenvalue weighted by Crippen LogP contribution is 2.36. The van der Waals surface area contributed by atoms with E-state index in [4.69, 9.17) is 15.6 Å². The molecular formula is C23H23BrN6O. The van der Waals surface area contributed by atoms with Crippen molar-refractivity contribution in [1.82, 2.24) is 24.5 Å². The molecule has 0 saturated carbocycles. The van der Waals surface area contributed by atoms with Crippen molar-refractivity contribution in [2.45, 2.75) is 39.8 Å². The fraction of sp³-hybridized carbons (Fsp3) is 0.261. The highest BCUT2D eigenvalue weighted by atomic mass is 79.9. The van der Waals surface area contributed by atoms with Gasteiger partial charge >= 0.3 is 0 Å². The summed E-state index contributed by atoms with van der Waals surface area (Å²) < 4.78 is 11.1. The Hall–Kier alpha value is -3.13. The number of aryl methyl sites for hydroxylation is 2. The normalized spacial score (nSPS) is 15.2. The number of aromatic nitrogens is 5. The minimum atomic E-state index is -0.250. The Labute approximate surface area is 189 Å². The second kappa shape index (κ2) is 7.53. The van der Waals surface area contributed by atoms with E-state index in [2.05, 4.69) is 64.1 Å². The molecule has 0 radical (unpaired) electrons. The zero-order valence-corrected chi connectivity index (χ0v) is 19.2. The number of pyridine rings is 1. The molecule has 0 fully saturated rings. The van der Waals surface area contributed by atoms with Gasteiger partial charge in [-0.05, 0) is 54.9 Å². The van der Waals surface area contributed by atoms with Crippen molar-refractivity contribution in [2.75, 3.05) is 5.73 Å². The van der Waals surface area contributed by atoms with E-state index in [0.29, 0.717) is 18.0 Å². The maximum atomic E-state index is 6.36. The minimum absolute atomic E-state index is 0.250. The lowest BCUT2D eigenvalue weighted by Gasteiger charge is -2.22. The van der Waals surface area contributed by atoms with Crippen LogP contribution in [-0.2, 0) is 13.0 Å². The molecule has 4 heterocycles. The average molecular weight is 479 g/mol. The molecule has 4 aromatic rings. The van der Waals surface area contributed by atoms with Gasteiger partial charge in [0.25, 0.3) is 0 Å². The van der Waals surface area contributed by atoms with Gasteiger partial charge in [0.15, 0.2) is 11.6 Å². The maximum absolute atomic E-state index is 6.36. The quantitative estimate of drug-likeness (QED) is 0.422. The number of benzene rings is 1. The zero-order chi connectivity index (χ0) is 21.7. The minimum Gasteiger partial charge on any atom is -0.482 e. The molecule has 1 aliphatic heterocycles. The van der Waals surface area contributed by atoms with Crippen LogP contribution in [0, 0.1) is 6.92 Å². The number of hydrogen-bond donors (Lipinski definition) is 1. The van der Waals surface area contributed by atoms with E-state index in [9.17, 15) is 0 Å². The van der Waals surface area contributed by atoms with Crippen LogP contribution in [0.3, 0.4) is 0 Å². The van der Waals surface area contributed by atoms with Crippen LogP contribution in [0.25, 0.3) is 16.9 Å². The van der Waals surface area contributed by atoms with Crippen LogP contribution < -0.4 is 10.5 Å². The second-order valence-corrected chi connectivity index (χ2v) is 8.62. The molecule has 1 atom stereocenters. The number of nitrogen functional groups attached to an aromatic ring is 1. The first-order valence-electron chi connectivity index (χ1n) is 10.3. The monoisotopic (exact) mass is 478 g/mol. The molecule has 1 aromatic carbocycles. The lowest BCUT2D eigenvalue weighted by Crippen LogP contribution is -2.13. The summed E-state index contributed by atoms with van der Waals surface area (Å²) in [5.41, 5.74) is 13.5. The fourth-order valence-corrected chi connectivity index (χ4v) is 4.59. The SMILES string of the molecule is CCn1ncc2c1-c1cnc(N)c(c1)O[C@H](C)c1cc(C)ccc1-n1nc(Br)cc1C2. The van der Waals surface area contributed by atoms with Crippen molar-refractivity contribution < 1.29 is 4.74 Å². The van der Waals surface area contributed by atoms with Gasteiger partial charge in [-0.25, -0.2) is 9.67 Å². The molecule has 2 bridgehead atoms. The van der Waals surface area contributed by atoms with Crippen LogP contribution in [0.1, 0.15) is 42.3 Å². The molecule has 0 spiro atoms. The van der Waals surface area contributed by atoms with Crippen LogP contribution in [-0.4, -0.2) is 24.5 Å². The first kappa shape index (κ1) is 19.8. The first-order valence-corrected chi connectivity index (χ1v) is 11.1. The summed E-state index contributed by atoms with van der Waals surface area (Å²) in [5.74, 6) is 0.934. The fourth-order valence-electron chi connectivity index (χ4n) is 4.17. The average Bonchev–Trinajstić information content (AvgIpc) is 3.32. The Morgan fingerprint density at radius 2 is 2.06 bits per heavy atom. The third-order valence-electron chi connectivity index (χ3n) is 5.65. The van der Waals surface area contributed by atoms with Gasteiger partial charge in [-0.15, -0.1) is 0 Å². The van der Waals surface area contributed by atoms with Crippen LogP contribution in [0.4, 0.5) is 5.82 Å². The lowest BCUT2D eigenvalue weighted by atomic mass is 10.0. The summed E-state index contributed by atoms with van der Waals surface area (Å²) >= 11 is 3.57. The molecule has 0 aliphatic carbocycles. The third-order valence-corrected chi connectivity index (χ3v) is 6.04. The Morgan fingerprint density at radius 1 is 1.23 bits per heavy atom. The highest BCUT2D eigenvalue weighted by Gasteiger charge is 2.23. The van der Waals surface area contributed by atoms with Gasteiger partial charge in [-0.3, -0.25) is 4.68 Å². The van der Waals surface area contributed by atoms with Crippen molar-refractivity contribution in [3.05, 3.63) is 69.7 Å². The number of hydrogen-bond acceptors (Lipinski definition) is 5.